The maximum Gasteiger partial charge on any atom is 0.235 e. The molecular weight excluding hydrogens is 619 g/mol. The van der Waals surface area contributed by atoms with Gasteiger partial charge < -0.3 is 9.47 Å². The van der Waals surface area contributed by atoms with Crippen LogP contribution in [0.15, 0.2) is 188 Å². The topological polar surface area (TPSA) is 11.2 Å². The maximum absolute atomic E-state index is 2.58. The first kappa shape index (κ1) is 28.2. The van der Waals surface area contributed by atoms with Crippen molar-refractivity contribution in [3.8, 4) is 27.9 Å². The van der Waals surface area contributed by atoms with Crippen molar-refractivity contribution < 1.29 is 0 Å². The monoisotopic (exact) mass is 650 g/mol. The zero-order valence-electron chi connectivity index (χ0n) is 27.8. The third-order valence-corrected chi connectivity index (χ3v) is 10.8. The van der Waals surface area contributed by atoms with E-state index >= 15 is 0 Å². The van der Waals surface area contributed by atoms with Crippen LogP contribution in [0.5, 0.6) is 0 Å². The second kappa shape index (κ2) is 10.9. The number of para-hydroxylation sites is 4. The van der Waals surface area contributed by atoms with Crippen LogP contribution in [0.3, 0.4) is 0 Å². The van der Waals surface area contributed by atoms with Gasteiger partial charge >= 0.3 is 0 Å². The molecule has 1 unspecified atom stereocenters. The molecule has 1 aromatic heterocycles. The van der Waals surface area contributed by atoms with E-state index in [4.69, 9.17) is 0 Å². The lowest BCUT2D eigenvalue weighted by molar-refractivity contribution is 0.932. The molecule has 0 bridgehead atoms. The Morgan fingerprint density at radius 3 is 1.90 bits per heavy atom. The number of aromatic nitrogens is 1. The summed E-state index contributed by atoms with van der Waals surface area (Å²) in [5.74, 6) is 0. The SMILES string of the molecule is C1=CC2=[N+](c3cc(-c4ccccc4)cc(-c4ccccc4)c3)c3ccccc3N3c4ccc5c(c4C(=C1)C23)c1ccccc1n5-c1ccccc1. The van der Waals surface area contributed by atoms with Gasteiger partial charge in [0.05, 0.1) is 16.7 Å². The summed E-state index contributed by atoms with van der Waals surface area (Å²) in [5.41, 5.74) is 17.2. The molecule has 1 atom stereocenters. The van der Waals surface area contributed by atoms with E-state index in [0.29, 0.717) is 0 Å². The molecule has 51 heavy (non-hydrogen) atoms. The van der Waals surface area contributed by atoms with Gasteiger partial charge in [-0.1, -0.05) is 121 Å². The summed E-state index contributed by atoms with van der Waals surface area (Å²) in [5, 5.41) is 2.59. The molecule has 0 saturated carbocycles. The van der Waals surface area contributed by atoms with E-state index in [1.807, 2.05) is 0 Å². The Bertz CT molecular complexity index is 2730. The Labute approximate surface area is 296 Å². The maximum atomic E-state index is 2.58. The highest BCUT2D eigenvalue weighted by Gasteiger charge is 2.49. The lowest BCUT2D eigenvalue weighted by atomic mass is 9.90. The Hall–Kier alpha value is -6.71. The van der Waals surface area contributed by atoms with Crippen molar-refractivity contribution in [3.63, 3.8) is 0 Å². The van der Waals surface area contributed by atoms with Crippen LogP contribution in [0.2, 0.25) is 0 Å². The van der Waals surface area contributed by atoms with Crippen molar-refractivity contribution in [1.29, 1.82) is 0 Å². The largest absolute Gasteiger partial charge is 0.318 e. The van der Waals surface area contributed by atoms with Gasteiger partial charge in [0.2, 0.25) is 17.1 Å². The number of fused-ring (bicyclic) bond motifs is 9. The summed E-state index contributed by atoms with van der Waals surface area (Å²) in [6, 6.07) is 61.8. The van der Waals surface area contributed by atoms with Gasteiger partial charge in [0.1, 0.15) is 11.7 Å². The van der Waals surface area contributed by atoms with E-state index in [-0.39, 0.29) is 6.04 Å². The summed E-state index contributed by atoms with van der Waals surface area (Å²) >= 11 is 0. The number of nitrogens with zero attached hydrogens (tertiary/aromatic N) is 3. The first-order valence-electron chi connectivity index (χ1n) is 17.6. The average molecular weight is 651 g/mol. The molecule has 0 radical (unpaired) electrons. The smallest absolute Gasteiger partial charge is 0.235 e. The van der Waals surface area contributed by atoms with Crippen LogP contribution < -0.4 is 9.48 Å². The number of hydrogen-bond donors (Lipinski definition) is 0. The van der Waals surface area contributed by atoms with E-state index < -0.39 is 0 Å². The molecular formula is C48H32N3+. The van der Waals surface area contributed by atoms with E-state index in [1.165, 1.54) is 83.7 Å². The van der Waals surface area contributed by atoms with Crippen molar-refractivity contribution in [2.75, 3.05) is 4.90 Å². The summed E-state index contributed by atoms with van der Waals surface area (Å²) < 4.78 is 4.93. The fourth-order valence-corrected chi connectivity index (χ4v) is 8.70. The fraction of sp³-hybridized carbons (Fsp3) is 0.0208. The normalized spacial score (nSPS) is 15.6. The molecule has 1 aliphatic carbocycles. The van der Waals surface area contributed by atoms with E-state index in [0.717, 1.165) is 5.69 Å². The van der Waals surface area contributed by atoms with Gasteiger partial charge in [-0.2, -0.15) is 4.58 Å². The lowest BCUT2D eigenvalue weighted by Crippen LogP contribution is -2.43. The van der Waals surface area contributed by atoms with Gasteiger partial charge in [0, 0.05) is 46.3 Å². The average Bonchev–Trinajstić information content (AvgIpc) is 3.73. The fourth-order valence-electron chi connectivity index (χ4n) is 8.70. The summed E-state index contributed by atoms with van der Waals surface area (Å²) in [6.07, 6.45) is 6.93. The minimum Gasteiger partial charge on any atom is -0.318 e. The molecule has 238 valence electrons. The van der Waals surface area contributed by atoms with Crippen LogP contribution in [0, 0.1) is 0 Å². The molecule has 8 aromatic rings. The van der Waals surface area contributed by atoms with Crippen LogP contribution in [0.25, 0.3) is 55.3 Å². The van der Waals surface area contributed by atoms with Crippen molar-refractivity contribution in [2.45, 2.75) is 6.04 Å². The minimum absolute atomic E-state index is 0.0323. The van der Waals surface area contributed by atoms with Crippen LogP contribution >= 0.6 is 0 Å². The molecule has 3 aliphatic rings. The third kappa shape index (κ3) is 4.09. The Morgan fingerprint density at radius 1 is 0.510 bits per heavy atom. The zero-order chi connectivity index (χ0) is 33.5. The zero-order valence-corrected chi connectivity index (χ0v) is 27.8. The quantitative estimate of drug-likeness (QED) is 0.173. The van der Waals surface area contributed by atoms with E-state index in [2.05, 4.69) is 202 Å². The van der Waals surface area contributed by atoms with Crippen molar-refractivity contribution in [2.24, 2.45) is 0 Å². The van der Waals surface area contributed by atoms with Gasteiger partial charge in [0.25, 0.3) is 0 Å². The second-order valence-corrected chi connectivity index (χ2v) is 13.5. The number of benzene rings is 7. The molecule has 0 N–H and O–H groups in total. The van der Waals surface area contributed by atoms with Crippen molar-refractivity contribution >= 4 is 55.8 Å². The Kier molecular flexibility index (Phi) is 6.02. The molecule has 7 aromatic carbocycles. The molecule has 3 heteroatoms. The van der Waals surface area contributed by atoms with Crippen molar-refractivity contribution in [3.05, 3.63) is 194 Å². The molecule has 0 amide bonds. The highest BCUT2D eigenvalue weighted by molar-refractivity contribution is 6.26. The van der Waals surface area contributed by atoms with Gasteiger partial charge in [-0.3, -0.25) is 0 Å². The Morgan fingerprint density at radius 2 is 1.16 bits per heavy atom. The first-order valence-corrected chi connectivity index (χ1v) is 17.6. The van der Waals surface area contributed by atoms with Gasteiger partial charge in [-0.05, 0) is 70.3 Å². The predicted octanol–water partition coefficient (Wildman–Crippen LogP) is 11.9. The second-order valence-electron chi connectivity index (χ2n) is 13.5. The van der Waals surface area contributed by atoms with E-state index in [9.17, 15) is 0 Å². The molecule has 3 nitrogen and oxygen atoms in total. The highest BCUT2D eigenvalue weighted by Crippen LogP contribution is 2.55. The van der Waals surface area contributed by atoms with Gasteiger partial charge in [0.15, 0.2) is 0 Å². The van der Waals surface area contributed by atoms with Gasteiger partial charge in [-0.25, -0.2) is 0 Å². The number of hydrogen-bond acceptors (Lipinski definition) is 1. The van der Waals surface area contributed by atoms with Crippen molar-refractivity contribution in [1.82, 2.24) is 9.14 Å². The predicted molar refractivity (Wildman–Crippen MR) is 214 cm³/mol. The number of rotatable bonds is 4. The Balaban J connectivity index is 1.19. The molecule has 0 spiro atoms. The lowest BCUT2D eigenvalue weighted by Gasteiger charge is -2.32. The summed E-state index contributed by atoms with van der Waals surface area (Å²) in [6.45, 7) is 0. The first-order chi connectivity index (χ1) is 25.3. The van der Waals surface area contributed by atoms with Crippen LogP contribution in [-0.4, -0.2) is 16.3 Å². The molecule has 2 aliphatic heterocycles. The number of anilines is 2. The van der Waals surface area contributed by atoms with E-state index in [1.54, 1.807) is 0 Å². The molecule has 3 heterocycles. The number of allylic oxidation sites excluding steroid dienone is 2. The third-order valence-electron chi connectivity index (χ3n) is 10.8. The summed E-state index contributed by atoms with van der Waals surface area (Å²) in [4.78, 5) is 2.58. The van der Waals surface area contributed by atoms with Crippen LogP contribution in [0.4, 0.5) is 22.7 Å². The molecule has 0 saturated heterocycles. The molecule has 11 rings (SSSR count). The standard InChI is InChI=1S/C48H32N3/c1-4-15-32(16-5-1)34-29-35(33-17-6-2-7-18-33)31-37(30-34)50-41-24-12-13-25-42(41)51-44-28-27-43-46(47(44)39-22-14-26-45(50)48(39)51)38-21-10-11-23-40(38)49(43)36-19-8-3-9-20-36/h1-31,48H/q+1. The molecule has 0 fully saturated rings. The highest BCUT2D eigenvalue weighted by atomic mass is 15.3. The minimum atomic E-state index is 0.0323. The van der Waals surface area contributed by atoms with Crippen LogP contribution in [0.1, 0.15) is 5.56 Å². The van der Waals surface area contributed by atoms with Gasteiger partial charge in [-0.15, -0.1) is 0 Å². The summed E-state index contributed by atoms with van der Waals surface area (Å²) in [7, 11) is 0. The van der Waals surface area contributed by atoms with Crippen LogP contribution in [-0.2, 0) is 0 Å².